The topological polar surface area (TPSA) is 59.3 Å². The number of ether oxygens (including phenoxy) is 2. The van der Waals surface area contributed by atoms with Crippen molar-refractivity contribution in [3.63, 3.8) is 0 Å². The van der Waals surface area contributed by atoms with Crippen molar-refractivity contribution < 1.29 is 18.7 Å². The van der Waals surface area contributed by atoms with Gasteiger partial charge in [0.25, 0.3) is 0 Å². The Bertz CT molecular complexity index is 468. The van der Waals surface area contributed by atoms with Crippen LogP contribution in [0.15, 0.2) is 18.2 Å². The van der Waals surface area contributed by atoms with Crippen molar-refractivity contribution in [2.24, 2.45) is 0 Å². The van der Waals surface area contributed by atoms with Crippen LogP contribution in [0.2, 0.25) is 0 Å². The van der Waals surface area contributed by atoms with Crippen LogP contribution in [0.3, 0.4) is 0 Å². The second kappa shape index (κ2) is 6.72. The zero-order valence-electron chi connectivity index (χ0n) is 10.3. The highest BCUT2D eigenvalue weighted by atomic mass is 19.1. The van der Waals surface area contributed by atoms with Gasteiger partial charge < -0.3 is 9.47 Å². The largest absolute Gasteiger partial charge is 0.488 e. The van der Waals surface area contributed by atoms with Crippen LogP contribution in [-0.4, -0.2) is 25.1 Å². The quantitative estimate of drug-likeness (QED) is 0.575. The third kappa shape index (κ3) is 4.15. The SMILES string of the molecule is CC(=O)c1ccc(OCCOC(C)C#N)c(F)c1. The molecule has 0 N–H and O–H groups in total. The van der Waals surface area contributed by atoms with Crippen molar-refractivity contribution in [3.05, 3.63) is 29.6 Å². The Balaban J connectivity index is 2.49. The van der Waals surface area contributed by atoms with Crippen LogP contribution in [0.5, 0.6) is 5.75 Å². The third-order valence-electron chi connectivity index (χ3n) is 2.23. The van der Waals surface area contributed by atoms with E-state index in [0.29, 0.717) is 5.56 Å². The van der Waals surface area contributed by atoms with E-state index in [4.69, 9.17) is 14.7 Å². The van der Waals surface area contributed by atoms with Crippen LogP contribution in [0.4, 0.5) is 4.39 Å². The van der Waals surface area contributed by atoms with Gasteiger partial charge in [-0.05, 0) is 32.0 Å². The second-order valence-electron chi connectivity index (χ2n) is 3.69. The Morgan fingerprint density at radius 3 is 2.78 bits per heavy atom. The van der Waals surface area contributed by atoms with Gasteiger partial charge in [-0.2, -0.15) is 5.26 Å². The fourth-order valence-corrected chi connectivity index (χ4v) is 1.25. The van der Waals surface area contributed by atoms with Gasteiger partial charge in [-0.15, -0.1) is 0 Å². The van der Waals surface area contributed by atoms with Gasteiger partial charge in [-0.25, -0.2) is 4.39 Å². The Hall–Kier alpha value is -1.93. The van der Waals surface area contributed by atoms with E-state index >= 15 is 0 Å². The summed E-state index contributed by atoms with van der Waals surface area (Å²) >= 11 is 0. The molecular weight excluding hydrogens is 237 g/mol. The van der Waals surface area contributed by atoms with Crippen molar-refractivity contribution in [3.8, 4) is 11.8 Å². The molecule has 0 spiro atoms. The minimum atomic E-state index is -0.587. The lowest BCUT2D eigenvalue weighted by Gasteiger charge is -2.09. The zero-order valence-corrected chi connectivity index (χ0v) is 10.3. The lowest BCUT2D eigenvalue weighted by atomic mass is 10.1. The molecule has 1 unspecified atom stereocenters. The number of benzene rings is 1. The molecule has 0 amide bonds. The molecule has 0 bridgehead atoms. The van der Waals surface area contributed by atoms with Gasteiger partial charge in [0.05, 0.1) is 12.7 Å². The molecule has 1 aromatic rings. The molecule has 0 aliphatic carbocycles. The Labute approximate surface area is 105 Å². The Morgan fingerprint density at radius 1 is 1.50 bits per heavy atom. The zero-order chi connectivity index (χ0) is 13.5. The number of carbonyl (C=O) groups is 1. The predicted octanol–water partition coefficient (Wildman–Crippen LogP) is 2.34. The van der Waals surface area contributed by atoms with Crippen molar-refractivity contribution in [1.82, 2.24) is 0 Å². The van der Waals surface area contributed by atoms with Crippen LogP contribution in [0.25, 0.3) is 0 Å². The normalized spacial score (nSPS) is 11.7. The summed E-state index contributed by atoms with van der Waals surface area (Å²) in [4.78, 5) is 11.0. The van der Waals surface area contributed by atoms with Crippen LogP contribution in [-0.2, 0) is 4.74 Å². The first kappa shape index (κ1) is 14.1. The lowest BCUT2D eigenvalue weighted by Crippen LogP contribution is -2.13. The number of ketones is 1. The Morgan fingerprint density at radius 2 is 2.22 bits per heavy atom. The number of nitriles is 1. The summed E-state index contributed by atoms with van der Waals surface area (Å²) in [5, 5.41) is 8.47. The van der Waals surface area contributed by atoms with E-state index < -0.39 is 11.9 Å². The Kier molecular flexibility index (Phi) is 5.28. The average Bonchev–Trinajstić information content (AvgIpc) is 2.35. The van der Waals surface area contributed by atoms with Crippen molar-refractivity contribution in [2.45, 2.75) is 20.0 Å². The smallest absolute Gasteiger partial charge is 0.165 e. The van der Waals surface area contributed by atoms with Gasteiger partial charge in [-0.3, -0.25) is 4.79 Å². The summed E-state index contributed by atoms with van der Waals surface area (Å²) in [5.41, 5.74) is 0.300. The van der Waals surface area contributed by atoms with E-state index in [1.165, 1.54) is 19.1 Å². The number of hydrogen-bond donors (Lipinski definition) is 0. The van der Waals surface area contributed by atoms with Crippen molar-refractivity contribution in [1.29, 1.82) is 5.26 Å². The molecular formula is C13H14FNO3. The average molecular weight is 251 g/mol. The van der Waals surface area contributed by atoms with E-state index in [-0.39, 0.29) is 24.7 Å². The molecule has 96 valence electrons. The fraction of sp³-hybridized carbons (Fsp3) is 0.385. The fourth-order valence-electron chi connectivity index (χ4n) is 1.25. The number of halogens is 1. The van der Waals surface area contributed by atoms with Gasteiger partial charge in [-0.1, -0.05) is 0 Å². The molecule has 0 aliphatic heterocycles. The molecule has 4 nitrogen and oxygen atoms in total. The number of rotatable bonds is 6. The molecule has 18 heavy (non-hydrogen) atoms. The first-order chi connectivity index (χ1) is 8.54. The molecule has 5 heteroatoms. The van der Waals surface area contributed by atoms with Crippen LogP contribution in [0, 0.1) is 17.1 Å². The maximum absolute atomic E-state index is 13.5. The van der Waals surface area contributed by atoms with Crippen molar-refractivity contribution in [2.75, 3.05) is 13.2 Å². The van der Waals surface area contributed by atoms with Crippen LogP contribution in [0.1, 0.15) is 24.2 Å². The van der Waals surface area contributed by atoms with Gasteiger partial charge >= 0.3 is 0 Å². The lowest BCUT2D eigenvalue weighted by molar-refractivity contribution is 0.0733. The predicted molar refractivity (Wildman–Crippen MR) is 62.9 cm³/mol. The van der Waals surface area contributed by atoms with Gasteiger partial charge in [0.15, 0.2) is 17.3 Å². The van der Waals surface area contributed by atoms with Gasteiger partial charge in [0, 0.05) is 5.56 Å². The highest BCUT2D eigenvalue weighted by molar-refractivity contribution is 5.94. The maximum atomic E-state index is 13.5. The molecule has 0 heterocycles. The molecule has 0 aromatic heterocycles. The van der Waals surface area contributed by atoms with E-state index in [1.807, 2.05) is 6.07 Å². The van der Waals surface area contributed by atoms with Crippen molar-refractivity contribution >= 4 is 5.78 Å². The summed E-state index contributed by atoms with van der Waals surface area (Å²) in [6.45, 7) is 3.32. The van der Waals surface area contributed by atoms with E-state index in [1.54, 1.807) is 6.92 Å². The molecule has 0 fully saturated rings. The number of hydrogen-bond acceptors (Lipinski definition) is 4. The summed E-state index contributed by atoms with van der Waals surface area (Å²) in [6, 6.07) is 5.94. The monoisotopic (exact) mass is 251 g/mol. The van der Waals surface area contributed by atoms with Gasteiger partial charge in [0.2, 0.25) is 0 Å². The van der Waals surface area contributed by atoms with Crippen LogP contribution < -0.4 is 4.74 Å². The van der Waals surface area contributed by atoms with Gasteiger partial charge in [0.1, 0.15) is 12.7 Å². The molecule has 1 rings (SSSR count). The summed E-state index contributed by atoms with van der Waals surface area (Å²) in [5.74, 6) is -0.726. The first-order valence-corrected chi connectivity index (χ1v) is 5.49. The number of nitrogens with zero attached hydrogens (tertiary/aromatic N) is 1. The summed E-state index contributed by atoms with van der Waals surface area (Å²) < 4.78 is 23.7. The molecule has 0 aliphatic rings. The standard InChI is InChI=1S/C13H14FNO3/c1-9(8-15)17-5-6-18-13-4-3-11(10(2)16)7-12(13)14/h3-4,7,9H,5-6H2,1-2H3. The van der Waals surface area contributed by atoms with E-state index in [0.717, 1.165) is 6.07 Å². The van der Waals surface area contributed by atoms with E-state index in [9.17, 15) is 9.18 Å². The second-order valence-corrected chi connectivity index (χ2v) is 3.69. The molecule has 0 radical (unpaired) electrons. The minimum absolute atomic E-state index is 0.0632. The summed E-state index contributed by atoms with van der Waals surface area (Å²) in [7, 11) is 0. The minimum Gasteiger partial charge on any atom is -0.488 e. The molecule has 1 aromatic carbocycles. The van der Waals surface area contributed by atoms with E-state index in [2.05, 4.69) is 0 Å². The molecule has 1 atom stereocenters. The van der Waals surface area contributed by atoms with Crippen LogP contribution >= 0.6 is 0 Å². The highest BCUT2D eigenvalue weighted by Crippen LogP contribution is 2.18. The third-order valence-corrected chi connectivity index (χ3v) is 2.23. The summed E-state index contributed by atoms with van der Waals surface area (Å²) in [6.07, 6.45) is -0.515. The first-order valence-electron chi connectivity index (χ1n) is 5.49. The number of Topliss-reactive ketones (excluding diaryl/α,β-unsaturated/α-hetero) is 1. The highest BCUT2D eigenvalue weighted by Gasteiger charge is 2.07. The molecule has 0 saturated heterocycles. The maximum Gasteiger partial charge on any atom is 0.165 e. The number of carbonyl (C=O) groups excluding carboxylic acids is 1. The molecule has 0 saturated carbocycles.